The van der Waals surface area contributed by atoms with Crippen molar-refractivity contribution in [2.24, 2.45) is 11.8 Å². The molecule has 0 spiro atoms. The Morgan fingerprint density at radius 3 is 1.19 bits per heavy atom. The molecule has 4 aromatic rings. The second-order valence-electron chi connectivity index (χ2n) is 17.9. The number of benzene rings is 2. The highest BCUT2D eigenvalue weighted by molar-refractivity contribution is 5.85. The van der Waals surface area contributed by atoms with Gasteiger partial charge in [0.15, 0.2) is 23.1 Å². The molecule has 4 fully saturated rings. The van der Waals surface area contributed by atoms with Crippen molar-refractivity contribution in [2.45, 2.75) is 116 Å². The van der Waals surface area contributed by atoms with Gasteiger partial charge in [0.05, 0.1) is 14.2 Å². The highest BCUT2D eigenvalue weighted by atomic mass is 35.5. The fourth-order valence-electron chi connectivity index (χ4n) is 9.68. The molecule has 4 aliphatic rings. The van der Waals surface area contributed by atoms with Crippen molar-refractivity contribution < 1.29 is 18.3 Å². The number of nitrogens with zero attached hydrogens (tertiary/aromatic N) is 8. The molecule has 0 radical (unpaired) electrons. The average molecular weight is 952 g/mol. The smallest absolute Gasteiger partial charge is 0.233 e. The Bertz CT molecular complexity index is 1970. The normalized spacial score (nSPS) is 19.1. The lowest BCUT2D eigenvalue weighted by atomic mass is 9.89. The van der Waals surface area contributed by atoms with Crippen LogP contribution in [0.3, 0.4) is 0 Å². The number of hydrogen-bond acceptors (Lipinski definition) is 16. The Balaban J connectivity index is 0.000000218. The summed E-state index contributed by atoms with van der Waals surface area (Å²) in [4.78, 5) is 32.4. The van der Waals surface area contributed by atoms with Crippen molar-refractivity contribution in [3.63, 3.8) is 0 Å². The minimum atomic E-state index is -0.438. The monoisotopic (exact) mass is 951 g/mol. The van der Waals surface area contributed by atoms with Gasteiger partial charge in [-0.25, -0.2) is 8.78 Å². The van der Waals surface area contributed by atoms with Crippen molar-refractivity contribution in [3.8, 4) is 11.5 Å². The summed E-state index contributed by atoms with van der Waals surface area (Å²) in [5.41, 5.74) is 1.10. The zero-order valence-corrected chi connectivity index (χ0v) is 40.7. The summed E-state index contributed by atoms with van der Waals surface area (Å²) >= 11 is 0. The zero-order chi connectivity index (χ0) is 46.1. The van der Waals surface area contributed by atoms with Crippen LogP contribution < -0.4 is 41.4 Å². The summed E-state index contributed by atoms with van der Waals surface area (Å²) in [7, 11) is 2.90. The van der Waals surface area contributed by atoms with E-state index in [2.05, 4.69) is 85.5 Å². The molecular weight excluding hydrogens is 878 g/mol. The van der Waals surface area contributed by atoms with Crippen LogP contribution in [0, 0.1) is 23.5 Å². The number of nitrogens with one attached hydrogen (secondary N) is 6. The maximum atomic E-state index is 14.2. The van der Waals surface area contributed by atoms with Crippen molar-refractivity contribution in [2.75, 3.05) is 98.5 Å². The summed E-state index contributed by atoms with van der Waals surface area (Å²) < 4.78 is 38.3. The molecule has 8 rings (SSSR count). The zero-order valence-electron chi connectivity index (χ0n) is 39.9. The van der Waals surface area contributed by atoms with Gasteiger partial charge < -0.3 is 41.4 Å². The third-order valence-corrected chi connectivity index (χ3v) is 13.4. The van der Waals surface area contributed by atoms with E-state index in [9.17, 15) is 8.78 Å². The average Bonchev–Trinajstić information content (AvgIpc) is 4.02. The van der Waals surface area contributed by atoms with Crippen LogP contribution in [0.15, 0.2) is 36.4 Å². The Morgan fingerprint density at radius 1 is 0.493 bits per heavy atom. The molecule has 2 atom stereocenters. The predicted octanol–water partition coefficient (Wildman–Crippen LogP) is 9.72. The molecule has 6 N–H and O–H groups in total. The van der Waals surface area contributed by atoms with Gasteiger partial charge in [-0.15, -0.1) is 12.4 Å². The number of rotatable bonds is 20. The van der Waals surface area contributed by atoms with E-state index in [-0.39, 0.29) is 23.9 Å². The Labute approximate surface area is 401 Å². The van der Waals surface area contributed by atoms with Gasteiger partial charge in [0.2, 0.25) is 35.7 Å². The maximum absolute atomic E-state index is 14.2. The number of likely N-dealkylation sites (N-methyl/N-ethyl adjacent to an activating group) is 2. The van der Waals surface area contributed by atoms with E-state index in [4.69, 9.17) is 9.47 Å². The second-order valence-corrected chi connectivity index (χ2v) is 17.9. The fraction of sp³-hybridized carbons (Fsp3) is 0.625. The van der Waals surface area contributed by atoms with Gasteiger partial charge in [-0.05, 0) is 114 Å². The molecule has 2 aromatic heterocycles. The highest BCUT2D eigenvalue weighted by Crippen LogP contribution is 2.28. The molecule has 2 saturated carbocycles. The van der Waals surface area contributed by atoms with Gasteiger partial charge in [-0.1, -0.05) is 52.4 Å². The molecule has 2 aromatic carbocycles. The van der Waals surface area contributed by atoms with Gasteiger partial charge in [-0.3, -0.25) is 9.80 Å². The SMILES string of the molecule is CCN1CCCC1CNc1nc(NCC2CCCCC2)nc(Nc2ccc(OC)c(F)c2)n1.CCN1CCCC1CNc1nc(NCC2CCCCC2)nc(Nc2ccc(OC)c(F)c2)n1.Cl. The van der Waals surface area contributed by atoms with E-state index in [1.165, 1.54) is 116 Å². The van der Waals surface area contributed by atoms with E-state index in [0.717, 1.165) is 52.4 Å². The molecule has 368 valence electrons. The number of hydrogen-bond donors (Lipinski definition) is 6. The minimum Gasteiger partial charge on any atom is -0.494 e. The molecule has 0 bridgehead atoms. The molecule has 2 unspecified atom stereocenters. The standard InChI is InChI=1S/2C24H36FN7O.ClH/c2*1-3-32-13-7-10-19(32)16-27-23-29-22(26-15-17-8-5-4-6-9-17)30-24(31-23)28-18-11-12-21(33-2)20(25)14-18;/h2*11-12,14,17,19H,3-10,13,15-16H2,1-2H3,(H3,26,27,28,29,30,31);1H. The number of halogens is 3. The summed E-state index contributed by atoms with van der Waals surface area (Å²) in [6, 6.07) is 10.4. The first-order valence-electron chi connectivity index (χ1n) is 24.5. The number of ether oxygens (including phenoxy) is 2. The number of anilines is 8. The van der Waals surface area contributed by atoms with Crippen LogP contribution in [-0.2, 0) is 0 Å². The van der Waals surface area contributed by atoms with Crippen molar-refractivity contribution in [3.05, 3.63) is 48.0 Å². The van der Waals surface area contributed by atoms with E-state index in [1.807, 2.05) is 0 Å². The van der Waals surface area contributed by atoms with E-state index < -0.39 is 11.6 Å². The van der Waals surface area contributed by atoms with E-state index in [1.54, 1.807) is 24.3 Å². The highest BCUT2D eigenvalue weighted by Gasteiger charge is 2.25. The quantitative estimate of drug-likeness (QED) is 0.0494. The van der Waals surface area contributed by atoms with Crippen molar-refractivity contribution in [1.29, 1.82) is 0 Å². The first-order chi connectivity index (χ1) is 32.3. The molecule has 4 heterocycles. The van der Waals surface area contributed by atoms with Gasteiger partial charge in [-0.2, -0.15) is 29.9 Å². The molecular formula is C48H73ClF2N14O2. The van der Waals surface area contributed by atoms with Crippen molar-refractivity contribution in [1.82, 2.24) is 39.7 Å². The third kappa shape index (κ3) is 15.5. The molecule has 2 saturated heterocycles. The summed E-state index contributed by atoms with van der Waals surface area (Å²) in [6.07, 6.45) is 17.6. The molecule has 2 aliphatic heterocycles. The van der Waals surface area contributed by atoms with Gasteiger partial charge in [0.25, 0.3) is 0 Å². The number of likely N-dealkylation sites (tertiary alicyclic amines) is 2. The first kappa shape index (κ1) is 51.3. The van der Waals surface area contributed by atoms with Crippen LogP contribution >= 0.6 is 12.4 Å². The Hall–Kier alpha value is -5.07. The van der Waals surface area contributed by atoms with Crippen molar-refractivity contribution >= 4 is 59.5 Å². The third-order valence-electron chi connectivity index (χ3n) is 13.4. The lowest BCUT2D eigenvalue weighted by molar-refractivity contribution is 0.276. The van der Waals surface area contributed by atoms with Crippen LogP contribution in [0.1, 0.15) is 104 Å². The lowest BCUT2D eigenvalue weighted by Gasteiger charge is -2.23. The van der Waals surface area contributed by atoms with Crippen LogP contribution in [0.5, 0.6) is 11.5 Å². The Morgan fingerprint density at radius 2 is 0.851 bits per heavy atom. The molecule has 0 amide bonds. The second kappa shape index (κ2) is 26.5. The molecule has 67 heavy (non-hydrogen) atoms. The van der Waals surface area contributed by atoms with Crippen LogP contribution in [0.25, 0.3) is 0 Å². The fourth-order valence-corrected chi connectivity index (χ4v) is 9.68. The van der Waals surface area contributed by atoms with Crippen LogP contribution in [0.4, 0.5) is 55.8 Å². The van der Waals surface area contributed by atoms with E-state index >= 15 is 0 Å². The van der Waals surface area contributed by atoms with Crippen LogP contribution in [-0.4, -0.2) is 118 Å². The van der Waals surface area contributed by atoms with Gasteiger partial charge in [0.1, 0.15) is 0 Å². The van der Waals surface area contributed by atoms with Gasteiger partial charge >= 0.3 is 0 Å². The van der Waals surface area contributed by atoms with Crippen LogP contribution in [0.2, 0.25) is 0 Å². The summed E-state index contributed by atoms with van der Waals surface area (Å²) in [5.74, 6) is 3.69. The molecule has 16 nitrogen and oxygen atoms in total. The van der Waals surface area contributed by atoms with Gasteiger partial charge in [0, 0.05) is 61.8 Å². The molecule has 19 heteroatoms. The summed E-state index contributed by atoms with van der Waals surface area (Å²) in [5, 5.41) is 19.9. The van der Waals surface area contributed by atoms with E-state index in [0.29, 0.717) is 71.0 Å². The number of methoxy groups -OCH3 is 2. The first-order valence-corrected chi connectivity index (χ1v) is 24.5. The predicted molar refractivity (Wildman–Crippen MR) is 267 cm³/mol. The topological polar surface area (TPSA) is 174 Å². The summed E-state index contributed by atoms with van der Waals surface area (Å²) in [6.45, 7) is 12.1. The lowest BCUT2D eigenvalue weighted by Crippen LogP contribution is -2.35. The number of aromatic nitrogens is 6. The maximum Gasteiger partial charge on any atom is 0.233 e. The Kier molecular flexibility index (Phi) is 20.3. The minimum absolute atomic E-state index is 0. The largest absolute Gasteiger partial charge is 0.494 e. The molecule has 2 aliphatic carbocycles.